The SMILES string of the molecule is OC(CCC1CCCCC1)c1ccc2ccccc2c1. The zero-order valence-electron chi connectivity index (χ0n) is 12.1. The first-order valence-corrected chi connectivity index (χ1v) is 8.00. The van der Waals surface area contributed by atoms with Gasteiger partial charge in [-0.3, -0.25) is 0 Å². The lowest BCUT2D eigenvalue weighted by Crippen LogP contribution is -2.08. The van der Waals surface area contributed by atoms with E-state index in [-0.39, 0.29) is 6.10 Å². The van der Waals surface area contributed by atoms with E-state index in [1.807, 2.05) is 0 Å². The Hall–Kier alpha value is -1.34. The van der Waals surface area contributed by atoms with Crippen LogP contribution in [0.15, 0.2) is 42.5 Å². The Bertz CT molecular complexity index is 554. The average molecular weight is 268 g/mol. The van der Waals surface area contributed by atoms with Crippen molar-refractivity contribution in [1.82, 2.24) is 0 Å². The molecule has 0 amide bonds. The molecule has 0 bridgehead atoms. The summed E-state index contributed by atoms with van der Waals surface area (Å²) >= 11 is 0. The van der Waals surface area contributed by atoms with Crippen LogP contribution in [-0.2, 0) is 0 Å². The van der Waals surface area contributed by atoms with Gasteiger partial charge in [0, 0.05) is 0 Å². The first-order valence-electron chi connectivity index (χ1n) is 8.00. The van der Waals surface area contributed by atoms with Gasteiger partial charge < -0.3 is 5.11 Å². The maximum Gasteiger partial charge on any atom is 0.0790 e. The summed E-state index contributed by atoms with van der Waals surface area (Å²) in [6, 6.07) is 14.7. The van der Waals surface area contributed by atoms with Crippen LogP contribution in [0.2, 0.25) is 0 Å². The molecule has 106 valence electrons. The molecule has 1 nitrogen and oxygen atoms in total. The zero-order chi connectivity index (χ0) is 13.8. The van der Waals surface area contributed by atoms with Crippen LogP contribution in [0.4, 0.5) is 0 Å². The Kier molecular flexibility index (Phi) is 4.37. The largest absolute Gasteiger partial charge is 0.388 e. The monoisotopic (exact) mass is 268 g/mol. The Balaban J connectivity index is 1.64. The van der Waals surface area contributed by atoms with Gasteiger partial charge in [0.05, 0.1) is 6.10 Å². The molecule has 1 aliphatic carbocycles. The summed E-state index contributed by atoms with van der Waals surface area (Å²) in [7, 11) is 0. The van der Waals surface area contributed by atoms with Gasteiger partial charge in [0.25, 0.3) is 0 Å². The minimum absolute atomic E-state index is 0.304. The number of benzene rings is 2. The van der Waals surface area contributed by atoms with E-state index in [1.54, 1.807) is 0 Å². The number of hydrogen-bond acceptors (Lipinski definition) is 1. The lowest BCUT2D eigenvalue weighted by molar-refractivity contribution is 0.151. The third-order valence-electron chi connectivity index (χ3n) is 4.73. The highest BCUT2D eigenvalue weighted by Crippen LogP contribution is 2.31. The van der Waals surface area contributed by atoms with Crippen LogP contribution in [0.25, 0.3) is 10.8 Å². The van der Waals surface area contributed by atoms with E-state index in [0.717, 1.165) is 17.9 Å². The minimum atomic E-state index is -0.304. The second-order valence-corrected chi connectivity index (χ2v) is 6.20. The van der Waals surface area contributed by atoms with Crippen molar-refractivity contribution >= 4 is 10.8 Å². The standard InChI is InChI=1S/C19H24O/c20-19(13-10-15-6-2-1-3-7-15)18-12-11-16-8-4-5-9-17(16)14-18/h4-5,8-9,11-12,14-15,19-20H,1-3,6-7,10,13H2. The minimum Gasteiger partial charge on any atom is -0.388 e. The Morgan fingerprint density at radius 1 is 0.950 bits per heavy atom. The summed E-state index contributed by atoms with van der Waals surface area (Å²) in [4.78, 5) is 0. The summed E-state index contributed by atoms with van der Waals surface area (Å²) in [6.07, 6.45) is 8.69. The molecule has 0 aromatic heterocycles. The molecular formula is C19H24O. The van der Waals surface area contributed by atoms with Gasteiger partial charge in [-0.15, -0.1) is 0 Å². The van der Waals surface area contributed by atoms with Crippen LogP contribution in [-0.4, -0.2) is 5.11 Å². The van der Waals surface area contributed by atoms with E-state index >= 15 is 0 Å². The van der Waals surface area contributed by atoms with Crippen LogP contribution in [0.1, 0.15) is 56.6 Å². The Labute approximate surface area is 121 Å². The summed E-state index contributed by atoms with van der Waals surface area (Å²) in [5, 5.41) is 12.9. The Morgan fingerprint density at radius 2 is 1.70 bits per heavy atom. The normalized spacial score (nSPS) is 18.2. The summed E-state index contributed by atoms with van der Waals surface area (Å²) < 4.78 is 0. The summed E-state index contributed by atoms with van der Waals surface area (Å²) in [5.41, 5.74) is 1.07. The fourth-order valence-electron chi connectivity index (χ4n) is 3.45. The Morgan fingerprint density at radius 3 is 2.50 bits per heavy atom. The van der Waals surface area contributed by atoms with Gasteiger partial charge in [-0.25, -0.2) is 0 Å². The molecule has 0 heterocycles. The van der Waals surface area contributed by atoms with Crippen molar-refractivity contribution in [2.45, 2.75) is 51.0 Å². The van der Waals surface area contributed by atoms with Crippen LogP contribution in [0, 0.1) is 5.92 Å². The second kappa shape index (κ2) is 6.41. The lowest BCUT2D eigenvalue weighted by Gasteiger charge is -2.22. The van der Waals surface area contributed by atoms with E-state index in [1.165, 1.54) is 49.3 Å². The molecular weight excluding hydrogens is 244 g/mol. The predicted octanol–water partition coefficient (Wildman–Crippen LogP) is 5.23. The molecule has 0 saturated heterocycles. The van der Waals surface area contributed by atoms with E-state index in [0.29, 0.717) is 0 Å². The second-order valence-electron chi connectivity index (χ2n) is 6.20. The van der Waals surface area contributed by atoms with Crippen LogP contribution in [0.5, 0.6) is 0 Å². The molecule has 0 aliphatic heterocycles. The van der Waals surface area contributed by atoms with E-state index in [2.05, 4.69) is 42.5 Å². The topological polar surface area (TPSA) is 20.2 Å². The molecule has 2 aromatic carbocycles. The molecule has 20 heavy (non-hydrogen) atoms. The van der Waals surface area contributed by atoms with Gasteiger partial charge >= 0.3 is 0 Å². The molecule has 1 N–H and O–H groups in total. The predicted molar refractivity (Wildman–Crippen MR) is 84.7 cm³/mol. The third-order valence-corrected chi connectivity index (χ3v) is 4.73. The summed E-state index contributed by atoms with van der Waals surface area (Å²) in [5.74, 6) is 0.846. The number of aliphatic hydroxyl groups excluding tert-OH is 1. The lowest BCUT2D eigenvalue weighted by atomic mass is 9.85. The fraction of sp³-hybridized carbons (Fsp3) is 0.474. The smallest absolute Gasteiger partial charge is 0.0790 e. The average Bonchev–Trinajstić information content (AvgIpc) is 2.53. The maximum atomic E-state index is 10.4. The molecule has 1 heteroatoms. The quantitative estimate of drug-likeness (QED) is 0.804. The van der Waals surface area contributed by atoms with Crippen molar-refractivity contribution in [1.29, 1.82) is 0 Å². The molecule has 1 atom stereocenters. The van der Waals surface area contributed by atoms with Gasteiger partial charge in [-0.1, -0.05) is 68.5 Å². The van der Waals surface area contributed by atoms with Gasteiger partial charge in [0.1, 0.15) is 0 Å². The van der Waals surface area contributed by atoms with Crippen molar-refractivity contribution in [2.75, 3.05) is 0 Å². The summed E-state index contributed by atoms with van der Waals surface area (Å²) in [6.45, 7) is 0. The molecule has 3 rings (SSSR count). The van der Waals surface area contributed by atoms with Crippen LogP contribution in [0.3, 0.4) is 0 Å². The van der Waals surface area contributed by atoms with Gasteiger partial charge in [-0.05, 0) is 41.2 Å². The van der Waals surface area contributed by atoms with Gasteiger partial charge in [0.2, 0.25) is 0 Å². The first-order chi connectivity index (χ1) is 9.83. The molecule has 1 saturated carbocycles. The van der Waals surface area contributed by atoms with Gasteiger partial charge in [-0.2, -0.15) is 0 Å². The van der Waals surface area contributed by atoms with E-state index in [9.17, 15) is 5.11 Å². The molecule has 2 aromatic rings. The highest BCUT2D eigenvalue weighted by Gasteiger charge is 2.16. The molecule has 1 unspecified atom stereocenters. The number of aliphatic hydroxyl groups is 1. The molecule has 1 aliphatic rings. The highest BCUT2D eigenvalue weighted by molar-refractivity contribution is 5.83. The molecule has 0 radical (unpaired) electrons. The van der Waals surface area contributed by atoms with Crippen LogP contribution >= 0.6 is 0 Å². The zero-order valence-corrected chi connectivity index (χ0v) is 12.1. The van der Waals surface area contributed by atoms with Crippen molar-refractivity contribution < 1.29 is 5.11 Å². The maximum absolute atomic E-state index is 10.4. The number of fused-ring (bicyclic) bond motifs is 1. The van der Waals surface area contributed by atoms with Gasteiger partial charge in [0.15, 0.2) is 0 Å². The highest BCUT2D eigenvalue weighted by atomic mass is 16.3. The van der Waals surface area contributed by atoms with Crippen molar-refractivity contribution in [3.8, 4) is 0 Å². The molecule has 0 spiro atoms. The van der Waals surface area contributed by atoms with Crippen molar-refractivity contribution in [3.63, 3.8) is 0 Å². The van der Waals surface area contributed by atoms with E-state index in [4.69, 9.17) is 0 Å². The number of hydrogen-bond donors (Lipinski definition) is 1. The number of rotatable bonds is 4. The van der Waals surface area contributed by atoms with Crippen molar-refractivity contribution in [3.05, 3.63) is 48.0 Å². The van der Waals surface area contributed by atoms with Crippen molar-refractivity contribution in [2.24, 2.45) is 5.92 Å². The van der Waals surface area contributed by atoms with E-state index < -0.39 is 0 Å². The molecule has 1 fully saturated rings. The third kappa shape index (κ3) is 3.21. The van der Waals surface area contributed by atoms with Crippen LogP contribution < -0.4 is 0 Å². The fourth-order valence-corrected chi connectivity index (χ4v) is 3.45. The first kappa shape index (κ1) is 13.6.